The summed E-state index contributed by atoms with van der Waals surface area (Å²) < 4.78 is 19.6. The lowest BCUT2D eigenvalue weighted by Gasteiger charge is -2.12. The second-order valence-corrected chi connectivity index (χ2v) is 7.73. The van der Waals surface area contributed by atoms with Crippen LogP contribution in [0.15, 0.2) is 48.6 Å². The zero-order valence-corrected chi connectivity index (χ0v) is 18.2. The fourth-order valence-corrected chi connectivity index (χ4v) is 3.47. The summed E-state index contributed by atoms with van der Waals surface area (Å²) in [6, 6.07) is 11.9. The van der Waals surface area contributed by atoms with Crippen molar-refractivity contribution in [3.05, 3.63) is 82.2 Å². The predicted molar refractivity (Wildman–Crippen MR) is 119 cm³/mol. The molecule has 0 bridgehead atoms. The standard InChI is InChI=1S/C26H33FO3/c1-4-22-17-20(7-5-15-28)9-11-23(22)13-14-24-12-10-21(18-25(24)27)8-6-16-30-26(29)19(2)3/h9-12,17-18,28H,2,4-8,13-16H2,1,3H3. The van der Waals surface area contributed by atoms with Crippen molar-refractivity contribution in [2.45, 2.75) is 58.8 Å². The fraction of sp³-hybridized carbons (Fsp3) is 0.423. The summed E-state index contributed by atoms with van der Waals surface area (Å²) in [6.07, 6.45) is 5.38. The van der Waals surface area contributed by atoms with Crippen molar-refractivity contribution in [1.29, 1.82) is 0 Å². The number of halogens is 1. The molecule has 0 aliphatic carbocycles. The summed E-state index contributed by atoms with van der Waals surface area (Å²) in [6.45, 7) is 7.81. The number of benzene rings is 2. The Labute approximate surface area is 179 Å². The molecule has 0 aromatic heterocycles. The van der Waals surface area contributed by atoms with E-state index >= 15 is 0 Å². The molecule has 0 saturated heterocycles. The highest BCUT2D eigenvalue weighted by Crippen LogP contribution is 2.19. The molecule has 0 spiro atoms. The van der Waals surface area contributed by atoms with E-state index in [1.807, 2.05) is 12.1 Å². The molecule has 0 aliphatic heterocycles. The topological polar surface area (TPSA) is 46.5 Å². The number of carbonyl (C=O) groups excluding carboxylic acids is 1. The highest BCUT2D eigenvalue weighted by Gasteiger charge is 2.08. The Morgan fingerprint density at radius 1 is 0.967 bits per heavy atom. The molecule has 3 nitrogen and oxygen atoms in total. The number of aliphatic hydroxyl groups excluding tert-OH is 1. The van der Waals surface area contributed by atoms with Gasteiger partial charge in [-0.25, -0.2) is 9.18 Å². The van der Waals surface area contributed by atoms with Crippen LogP contribution in [0.3, 0.4) is 0 Å². The van der Waals surface area contributed by atoms with Crippen molar-refractivity contribution in [2.24, 2.45) is 0 Å². The molecule has 4 heteroatoms. The molecule has 0 radical (unpaired) electrons. The summed E-state index contributed by atoms with van der Waals surface area (Å²) in [5.41, 5.74) is 5.81. The third kappa shape index (κ3) is 7.42. The van der Waals surface area contributed by atoms with Crippen LogP contribution in [-0.2, 0) is 41.6 Å². The Balaban J connectivity index is 1.90. The molecule has 0 aliphatic rings. The number of ether oxygens (including phenoxy) is 1. The minimum absolute atomic E-state index is 0.177. The van der Waals surface area contributed by atoms with Crippen LogP contribution in [0.2, 0.25) is 0 Å². The third-order valence-corrected chi connectivity index (χ3v) is 5.25. The summed E-state index contributed by atoms with van der Waals surface area (Å²) in [5, 5.41) is 9.01. The van der Waals surface area contributed by atoms with Gasteiger partial charge in [-0.15, -0.1) is 0 Å². The molecule has 2 rings (SSSR count). The molecule has 2 aromatic carbocycles. The van der Waals surface area contributed by atoms with E-state index in [2.05, 4.69) is 31.7 Å². The van der Waals surface area contributed by atoms with Gasteiger partial charge in [0.05, 0.1) is 6.61 Å². The van der Waals surface area contributed by atoms with E-state index in [1.54, 1.807) is 13.0 Å². The third-order valence-electron chi connectivity index (χ3n) is 5.25. The summed E-state index contributed by atoms with van der Waals surface area (Å²) in [5.74, 6) is -0.562. The van der Waals surface area contributed by atoms with Gasteiger partial charge in [0.25, 0.3) is 0 Å². The number of aliphatic hydroxyl groups is 1. The van der Waals surface area contributed by atoms with Crippen molar-refractivity contribution in [3.63, 3.8) is 0 Å². The highest BCUT2D eigenvalue weighted by atomic mass is 19.1. The molecule has 162 valence electrons. The maximum Gasteiger partial charge on any atom is 0.333 e. The maximum atomic E-state index is 14.6. The van der Waals surface area contributed by atoms with Gasteiger partial charge in [-0.3, -0.25) is 0 Å². The Hall–Kier alpha value is -2.46. The van der Waals surface area contributed by atoms with E-state index in [1.165, 1.54) is 16.7 Å². The van der Waals surface area contributed by atoms with E-state index < -0.39 is 0 Å². The zero-order valence-electron chi connectivity index (χ0n) is 18.2. The number of carbonyl (C=O) groups is 1. The van der Waals surface area contributed by atoms with E-state index in [0.29, 0.717) is 31.4 Å². The Bertz CT molecular complexity index is 857. The summed E-state index contributed by atoms with van der Waals surface area (Å²) >= 11 is 0. The zero-order chi connectivity index (χ0) is 21.9. The van der Waals surface area contributed by atoms with Crippen molar-refractivity contribution >= 4 is 5.97 Å². The maximum absolute atomic E-state index is 14.6. The van der Waals surface area contributed by atoms with Gasteiger partial charge in [-0.05, 0) is 85.8 Å². The van der Waals surface area contributed by atoms with Gasteiger partial charge in [0.15, 0.2) is 0 Å². The average molecular weight is 413 g/mol. The Kier molecular flexibility index (Phi) is 9.75. The van der Waals surface area contributed by atoms with Gasteiger partial charge in [0.1, 0.15) is 5.82 Å². The molecular weight excluding hydrogens is 379 g/mol. The molecular formula is C26H33FO3. The summed E-state index contributed by atoms with van der Waals surface area (Å²) in [4.78, 5) is 11.4. The minimum Gasteiger partial charge on any atom is -0.462 e. The first-order valence-corrected chi connectivity index (χ1v) is 10.8. The number of esters is 1. The molecule has 0 fully saturated rings. The molecule has 0 atom stereocenters. The highest BCUT2D eigenvalue weighted by molar-refractivity contribution is 5.86. The number of aryl methyl sites for hydroxylation is 5. The van der Waals surface area contributed by atoms with Crippen LogP contribution in [0.5, 0.6) is 0 Å². The quantitative estimate of drug-likeness (QED) is 0.298. The molecule has 30 heavy (non-hydrogen) atoms. The minimum atomic E-state index is -0.385. The molecule has 1 N–H and O–H groups in total. The molecule has 0 heterocycles. The van der Waals surface area contributed by atoms with Crippen LogP contribution in [0.1, 0.15) is 54.5 Å². The second kappa shape index (κ2) is 12.3. The van der Waals surface area contributed by atoms with Gasteiger partial charge < -0.3 is 9.84 Å². The number of rotatable bonds is 12. The lowest BCUT2D eigenvalue weighted by atomic mass is 9.94. The molecule has 0 amide bonds. The van der Waals surface area contributed by atoms with E-state index in [9.17, 15) is 9.18 Å². The molecule has 0 unspecified atom stereocenters. The van der Waals surface area contributed by atoms with Crippen LogP contribution in [0.25, 0.3) is 0 Å². The number of hydrogen-bond acceptors (Lipinski definition) is 3. The Morgan fingerprint density at radius 3 is 2.23 bits per heavy atom. The second-order valence-electron chi connectivity index (χ2n) is 7.73. The van der Waals surface area contributed by atoms with Crippen LogP contribution in [-0.4, -0.2) is 24.3 Å². The predicted octanol–water partition coefficient (Wildman–Crippen LogP) is 5.15. The van der Waals surface area contributed by atoms with Gasteiger partial charge in [0, 0.05) is 12.2 Å². The van der Waals surface area contributed by atoms with Crippen molar-refractivity contribution in [3.8, 4) is 0 Å². The first-order chi connectivity index (χ1) is 14.4. The first kappa shape index (κ1) is 23.8. The van der Waals surface area contributed by atoms with Gasteiger partial charge in [0.2, 0.25) is 0 Å². The van der Waals surface area contributed by atoms with Crippen molar-refractivity contribution < 1.29 is 19.0 Å². The SMILES string of the molecule is C=C(C)C(=O)OCCCc1ccc(CCc2ccc(CCCO)cc2CC)c(F)c1. The lowest BCUT2D eigenvalue weighted by molar-refractivity contribution is -0.139. The smallest absolute Gasteiger partial charge is 0.333 e. The average Bonchev–Trinajstić information content (AvgIpc) is 2.74. The number of hydrogen-bond donors (Lipinski definition) is 1. The van der Waals surface area contributed by atoms with Gasteiger partial charge in [-0.2, -0.15) is 0 Å². The first-order valence-electron chi connectivity index (χ1n) is 10.8. The van der Waals surface area contributed by atoms with Crippen LogP contribution in [0, 0.1) is 5.82 Å². The van der Waals surface area contributed by atoms with E-state index in [4.69, 9.17) is 9.84 Å². The van der Waals surface area contributed by atoms with E-state index in [0.717, 1.165) is 36.8 Å². The van der Waals surface area contributed by atoms with E-state index in [-0.39, 0.29) is 18.4 Å². The van der Waals surface area contributed by atoms with Crippen LogP contribution >= 0.6 is 0 Å². The summed E-state index contributed by atoms with van der Waals surface area (Å²) in [7, 11) is 0. The van der Waals surface area contributed by atoms with Crippen LogP contribution < -0.4 is 0 Å². The van der Waals surface area contributed by atoms with Crippen LogP contribution in [0.4, 0.5) is 4.39 Å². The normalized spacial score (nSPS) is 10.8. The Morgan fingerprint density at radius 2 is 1.60 bits per heavy atom. The fourth-order valence-electron chi connectivity index (χ4n) is 3.47. The molecule has 0 saturated carbocycles. The largest absolute Gasteiger partial charge is 0.462 e. The monoisotopic (exact) mass is 412 g/mol. The van der Waals surface area contributed by atoms with Crippen molar-refractivity contribution in [1.82, 2.24) is 0 Å². The van der Waals surface area contributed by atoms with Crippen molar-refractivity contribution in [2.75, 3.05) is 13.2 Å². The molecule has 2 aromatic rings. The van der Waals surface area contributed by atoms with Gasteiger partial charge in [-0.1, -0.05) is 43.8 Å². The lowest BCUT2D eigenvalue weighted by Crippen LogP contribution is -2.07. The van der Waals surface area contributed by atoms with Gasteiger partial charge >= 0.3 is 5.97 Å².